The van der Waals surface area contributed by atoms with Gasteiger partial charge < -0.3 is 63.9 Å². The molecule has 3 aromatic rings. The van der Waals surface area contributed by atoms with E-state index >= 15 is 0 Å². The normalized spacial score (nSPS) is 11.8. The molecule has 0 aliphatic carbocycles. The summed E-state index contributed by atoms with van der Waals surface area (Å²) in [5, 5.41) is 10.5. The molecule has 66 heavy (non-hydrogen) atoms. The maximum atomic E-state index is 13.5. The third-order valence-electron chi connectivity index (χ3n) is 9.22. The molecule has 362 valence electrons. The maximum absolute atomic E-state index is 13.5. The first-order chi connectivity index (χ1) is 31.7. The first-order valence-corrected chi connectivity index (χ1v) is 21.5. The number of esters is 3. The molecule has 2 atom stereocenters. The summed E-state index contributed by atoms with van der Waals surface area (Å²) in [7, 11) is 4.61. The second-order valence-electron chi connectivity index (χ2n) is 15.6. The average molecular weight is 925 g/mol. The van der Waals surface area contributed by atoms with Crippen LogP contribution in [0.25, 0.3) is 0 Å². The number of ether oxygens (including phenoxy) is 9. The summed E-state index contributed by atoms with van der Waals surface area (Å²) in [5.41, 5.74) is 1.46. The zero-order chi connectivity index (χ0) is 48.2. The van der Waals surface area contributed by atoms with Crippen LogP contribution in [0, 0.1) is 0 Å². The smallest absolute Gasteiger partial charge is 0.407 e. The van der Waals surface area contributed by atoms with Crippen LogP contribution < -0.4 is 35.5 Å². The van der Waals surface area contributed by atoms with Crippen LogP contribution in [0.1, 0.15) is 69.6 Å². The number of benzene rings is 3. The second-order valence-corrected chi connectivity index (χ2v) is 15.6. The van der Waals surface area contributed by atoms with Crippen molar-refractivity contribution < 1.29 is 71.4 Å². The minimum absolute atomic E-state index is 0.0181. The Labute approximate surface area is 385 Å². The first kappa shape index (κ1) is 53.7. The van der Waals surface area contributed by atoms with E-state index < -0.39 is 47.7 Å². The van der Waals surface area contributed by atoms with Crippen LogP contribution in [0.15, 0.2) is 72.8 Å². The summed E-state index contributed by atoms with van der Waals surface area (Å²) < 4.78 is 48.0. The quantitative estimate of drug-likeness (QED) is 0.0412. The minimum atomic E-state index is -1.31. The molecule has 0 fully saturated rings. The predicted molar refractivity (Wildman–Crippen MR) is 240 cm³/mol. The van der Waals surface area contributed by atoms with Crippen LogP contribution in [0.5, 0.6) is 17.2 Å². The van der Waals surface area contributed by atoms with Crippen LogP contribution in [-0.2, 0) is 67.4 Å². The zero-order valence-electron chi connectivity index (χ0n) is 38.6. The predicted octanol–water partition coefficient (Wildman–Crippen LogP) is 4.90. The van der Waals surface area contributed by atoms with Gasteiger partial charge in [-0.3, -0.25) is 9.59 Å². The Morgan fingerprint density at radius 1 is 0.545 bits per heavy atom. The van der Waals surface area contributed by atoms with E-state index in [4.69, 9.17) is 42.6 Å². The van der Waals surface area contributed by atoms with Crippen molar-refractivity contribution in [2.24, 2.45) is 0 Å². The van der Waals surface area contributed by atoms with Gasteiger partial charge in [0, 0.05) is 19.5 Å². The molecule has 3 rings (SSSR count). The van der Waals surface area contributed by atoms with Gasteiger partial charge in [0.1, 0.15) is 61.4 Å². The van der Waals surface area contributed by atoms with Crippen molar-refractivity contribution in [3.8, 4) is 17.2 Å². The number of amides is 4. The molecule has 0 aromatic heterocycles. The standard InChI is InChI=1S/C47H64N4O15/c1-47(2,3)66-46(57)49-25-26-61-27-28-62-32-41(52)48-24-8-7-9-39(43(54)64-30-34-12-18-37(59-5)19-13-34)50-45(56)51-40(44(55)65-31-35-14-20-38(60-6)21-15-35)22-23-42(53)63-29-33-10-16-36(58-4)17-11-33/h10-21,39-40H,7-9,22-32H2,1-6H3,(H,48,52)(H,49,57)(H2,50,51,56)/t39-,40-/m0/s1. The molecular weight excluding hydrogens is 861 g/mol. The molecule has 0 unspecified atom stereocenters. The number of rotatable bonds is 29. The Hall–Kier alpha value is -6.60. The van der Waals surface area contributed by atoms with E-state index in [1.54, 1.807) is 101 Å². The number of hydrogen-bond acceptors (Lipinski definition) is 15. The van der Waals surface area contributed by atoms with E-state index in [1.807, 2.05) is 0 Å². The van der Waals surface area contributed by atoms with E-state index in [9.17, 15) is 28.8 Å². The fourth-order valence-corrected chi connectivity index (χ4v) is 5.71. The molecule has 0 heterocycles. The van der Waals surface area contributed by atoms with Crippen molar-refractivity contribution in [2.45, 2.75) is 90.4 Å². The Morgan fingerprint density at radius 2 is 1.02 bits per heavy atom. The van der Waals surface area contributed by atoms with Gasteiger partial charge in [0.05, 0.1) is 41.2 Å². The second kappa shape index (κ2) is 29.8. The van der Waals surface area contributed by atoms with Crippen molar-refractivity contribution in [1.82, 2.24) is 21.3 Å². The van der Waals surface area contributed by atoms with E-state index in [2.05, 4.69) is 21.3 Å². The van der Waals surface area contributed by atoms with Crippen LogP contribution in [0.2, 0.25) is 0 Å². The number of methoxy groups -OCH3 is 3. The van der Waals surface area contributed by atoms with Gasteiger partial charge in [-0.25, -0.2) is 19.2 Å². The Balaban J connectivity index is 1.54. The molecule has 4 amide bonds. The minimum Gasteiger partial charge on any atom is -0.497 e. The summed E-state index contributed by atoms with van der Waals surface area (Å²) >= 11 is 0. The lowest BCUT2D eigenvalue weighted by Gasteiger charge is -2.21. The van der Waals surface area contributed by atoms with Gasteiger partial charge in [-0.05, 0) is 99.5 Å². The largest absolute Gasteiger partial charge is 0.497 e. The third kappa shape index (κ3) is 22.8. The maximum Gasteiger partial charge on any atom is 0.407 e. The molecule has 0 bridgehead atoms. The van der Waals surface area contributed by atoms with Crippen LogP contribution in [-0.4, -0.2) is 114 Å². The molecule has 19 heteroatoms. The van der Waals surface area contributed by atoms with Gasteiger partial charge >= 0.3 is 30.0 Å². The molecule has 0 saturated heterocycles. The molecule has 0 aliphatic heterocycles. The lowest BCUT2D eigenvalue weighted by Crippen LogP contribution is -2.51. The Morgan fingerprint density at radius 3 is 1.50 bits per heavy atom. The van der Waals surface area contributed by atoms with Crippen LogP contribution in [0.3, 0.4) is 0 Å². The number of hydrogen-bond donors (Lipinski definition) is 4. The summed E-state index contributed by atoms with van der Waals surface area (Å²) in [6.45, 7) is 5.98. The fraction of sp³-hybridized carbons (Fsp3) is 0.489. The molecule has 0 aliphatic rings. The van der Waals surface area contributed by atoms with Gasteiger partial charge in [-0.2, -0.15) is 0 Å². The third-order valence-corrected chi connectivity index (χ3v) is 9.22. The van der Waals surface area contributed by atoms with E-state index in [1.165, 1.54) is 14.2 Å². The number of alkyl carbamates (subject to hydrolysis) is 1. The lowest BCUT2D eigenvalue weighted by molar-refractivity contribution is -0.149. The molecule has 0 radical (unpaired) electrons. The van der Waals surface area contributed by atoms with Crippen molar-refractivity contribution in [3.63, 3.8) is 0 Å². The number of unbranched alkanes of at least 4 members (excludes halogenated alkanes) is 1. The van der Waals surface area contributed by atoms with E-state index in [0.29, 0.717) is 41.2 Å². The summed E-state index contributed by atoms with van der Waals surface area (Å²) in [6, 6.07) is 17.4. The highest BCUT2D eigenvalue weighted by molar-refractivity contribution is 5.87. The van der Waals surface area contributed by atoms with Crippen molar-refractivity contribution in [1.29, 1.82) is 0 Å². The van der Waals surface area contributed by atoms with Crippen LogP contribution >= 0.6 is 0 Å². The molecule has 0 saturated carbocycles. The summed E-state index contributed by atoms with van der Waals surface area (Å²) in [6.07, 6.45) is -0.0305. The van der Waals surface area contributed by atoms with Crippen molar-refractivity contribution in [3.05, 3.63) is 89.5 Å². The number of carbonyl (C=O) groups excluding carboxylic acids is 6. The van der Waals surface area contributed by atoms with Gasteiger partial charge in [0.25, 0.3) is 0 Å². The van der Waals surface area contributed by atoms with Crippen molar-refractivity contribution in [2.75, 3.05) is 60.8 Å². The SMILES string of the molecule is COc1ccc(COC(=O)CC[C@H](NC(=O)N[C@@H](CCCCNC(=O)COCCOCCNC(=O)OC(C)(C)C)C(=O)OCc2ccc(OC)cc2)C(=O)OCc2ccc(OC)cc2)cc1. The van der Waals surface area contributed by atoms with Crippen molar-refractivity contribution >= 4 is 35.9 Å². The summed E-state index contributed by atoms with van der Waals surface area (Å²) in [5.74, 6) is -0.640. The number of nitrogens with one attached hydrogen (secondary N) is 4. The summed E-state index contributed by atoms with van der Waals surface area (Å²) in [4.78, 5) is 77.2. The van der Waals surface area contributed by atoms with Gasteiger partial charge in [0.2, 0.25) is 5.91 Å². The topological polar surface area (TPSA) is 234 Å². The molecule has 0 spiro atoms. The Kier molecular flexibility index (Phi) is 24.2. The number of urea groups is 1. The fourth-order valence-electron chi connectivity index (χ4n) is 5.71. The molecule has 3 aromatic carbocycles. The van der Waals surface area contributed by atoms with Gasteiger partial charge in [-0.15, -0.1) is 0 Å². The van der Waals surface area contributed by atoms with Crippen LogP contribution in [0.4, 0.5) is 9.59 Å². The van der Waals surface area contributed by atoms with Gasteiger partial charge in [0.15, 0.2) is 0 Å². The first-order valence-electron chi connectivity index (χ1n) is 21.5. The Bertz CT molecular complexity index is 1940. The average Bonchev–Trinajstić information content (AvgIpc) is 3.30. The van der Waals surface area contributed by atoms with Gasteiger partial charge in [-0.1, -0.05) is 36.4 Å². The van der Waals surface area contributed by atoms with E-state index in [0.717, 1.165) is 5.56 Å². The highest BCUT2D eigenvalue weighted by Crippen LogP contribution is 2.16. The zero-order valence-corrected chi connectivity index (χ0v) is 38.6. The lowest BCUT2D eigenvalue weighted by atomic mass is 10.1. The highest BCUT2D eigenvalue weighted by Gasteiger charge is 2.28. The monoisotopic (exact) mass is 924 g/mol. The molecule has 4 N–H and O–H groups in total. The highest BCUT2D eigenvalue weighted by atomic mass is 16.6. The molecule has 19 nitrogen and oxygen atoms in total. The molecular formula is C47H64N4O15. The number of carbonyl (C=O) groups is 6. The van der Waals surface area contributed by atoms with E-state index in [-0.39, 0.29) is 84.5 Å².